The molecule has 0 aliphatic heterocycles. The van der Waals surface area contributed by atoms with Gasteiger partial charge in [0.25, 0.3) is 5.91 Å². The summed E-state index contributed by atoms with van der Waals surface area (Å²) in [6.07, 6.45) is 4.74. The van der Waals surface area contributed by atoms with Crippen LogP contribution >= 0.6 is 23.2 Å². The van der Waals surface area contributed by atoms with Gasteiger partial charge >= 0.3 is 0 Å². The van der Waals surface area contributed by atoms with Gasteiger partial charge in [-0.1, -0.05) is 23.2 Å². The zero-order valence-electron chi connectivity index (χ0n) is 11.1. The molecule has 6 nitrogen and oxygen atoms in total. The zero-order valence-corrected chi connectivity index (χ0v) is 12.6. The van der Waals surface area contributed by atoms with Gasteiger partial charge in [0.15, 0.2) is 6.61 Å². The van der Waals surface area contributed by atoms with Gasteiger partial charge in [-0.05, 0) is 18.2 Å². The van der Waals surface area contributed by atoms with Gasteiger partial charge in [0, 0.05) is 12.1 Å². The molecule has 1 aromatic carbocycles. The molecular weight excluding hydrogens is 315 g/mol. The fourth-order valence-electron chi connectivity index (χ4n) is 1.43. The van der Waals surface area contributed by atoms with E-state index in [0.717, 1.165) is 5.69 Å². The lowest BCUT2D eigenvalue weighted by Crippen LogP contribution is -2.24. The molecule has 2 rings (SSSR count). The van der Waals surface area contributed by atoms with Crippen LogP contribution in [0.25, 0.3) is 0 Å². The molecule has 8 heteroatoms. The third kappa shape index (κ3) is 4.47. The van der Waals surface area contributed by atoms with Gasteiger partial charge in [0.2, 0.25) is 0 Å². The monoisotopic (exact) mass is 326 g/mol. The van der Waals surface area contributed by atoms with Crippen LogP contribution < -0.4 is 10.2 Å². The third-order valence-electron chi connectivity index (χ3n) is 2.49. The number of nitrogens with zero attached hydrogens (tertiary/aromatic N) is 3. The topological polar surface area (TPSA) is 68.5 Å². The van der Waals surface area contributed by atoms with Crippen LogP contribution in [0.3, 0.4) is 0 Å². The minimum atomic E-state index is -0.403. The smallest absolute Gasteiger partial charge is 0.277 e. The number of aryl methyl sites for hydroxylation is 1. The number of carbonyl (C=O) groups excluding carboxylic acids is 1. The van der Waals surface area contributed by atoms with E-state index >= 15 is 0 Å². The first kappa shape index (κ1) is 15.3. The molecule has 0 aliphatic rings. The molecule has 0 atom stereocenters. The number of carbonyl (C=O) groups is 1. The predicted molar refractivity (Wildman–Crippen MR) is 80.9 cm³/mol. The molecule has 21 heavy (non-hydrogen) atoms. The number of rotatable bonds is 5. The Morgan fingerprint density at radius 1 is 1.52 bits per heavy atom. The van der Waals surface area contributed by atoms with Crippen molar-refractivity contribution in [2.45, 2.75) is 0 Å². The Kier molecular flexibility index (Phi) is 5.19. The van der Waals surface area contributed by atoms with Crippen molar-refractivity contribution >= 4 is 35.3 Å². The highest BCUT2D eigenvalue weighted by Gasteiger charge is 2.05. The lowest BCUT2D eigenvalue weighted by atomic mass is 10.3. The summed E-state index contributed by atoms with van der Waals surface area (Å²) in [5.74, 6) is -0.0220. The van der Waals surface area contributed by atoms with Crippen molar-refractivity contribution in [2.24, 2.45) is 12.1 Å². The Labute approximate surface area is 131 Å². The summed E-state index contributed by atoms with van der Waals surface area (Å²) in [4.78, 5) is 15.5. The van der Waals surface area contributed by atoms with E-state index in [1.807, 2.05) is 7.05 Å². The van der Waals surface area contributed by atoms with Crippen LogP contribution in [0, 0.1) is 0 Å². The summed E-state index contributed by atoms with van der Waals surface area (Å²) in [5.41, 5.74) is 3.11. The number of hydrogen-bond acceptors (Lipinski definition) is 4. The first-order chi connectivity index (χ1) is 10.1. The van der Waals surface area contributed by atoms with Crippen molar-refractivity contribution in [1.29, 1.82) is 0 Å². The van der Waals surface area contributed by atoms with Crippen LogP contribution in [0.4, 0.5) is 0 Å². The summed E-state index contributed by atoms with van der Waals surface area (Å²) >= 11 is 11.7. The molecular formula is C13H12Cl2N4O2. The molecule has 110 valence electrons. The quantitative estimate of drug-likeness (QED) is 0.676. The Hall–Kier alpha value is -2.05. The van der Waals surface area contributed by atoms with Crippen molar-refractivity contribution < 1.29 is 9.53 Å². The number of aromatic nitrogens is 2. The number of imidazole rings is 1. The second-order valence-electron chi connectivity index (χ2n) is 4.09. The lowest BCUT2D eigenvalue weighted by Gasteiger charge is -2.06. The maximum atomic E-state index is 11.6. The maximum Gasteiger partial charge on any atom is 0.277 e. The van der Waals surface area contributed by atoms with Gasteiger partial charge in [-0.3, -0.25) is 4.79 Å². The molecule has 1 aromatic heterocycles. The molecule has 2 aromatic rings. The van der Waals surface area contributed by atoms with Gasteiger partial charge in [0.1, 0.15) is 5.75 Å². The number of hydrogen-bond donors (Lipinski definition) is 1. The second-order valence-corrected chi connectivity index (χ2v) is 4.93. The van der Waals surface area contributed by atoms with E-state index < -0.39 is 5.91 Å². The van der Waals surface area contributed by atoms with E-state index in [0.29, 0.717) is 15.8 Å². The van der Waals surface area contributed by atoms with Crippen molar-refractivity contribution in [3.05, 3.63) is 46.5 Å². The van der Waals surface area contributed by atoms with Crippen LogP contribution in [-0.2, 0) is 11.8 Å². The van der Waals surface area contributed by atoms with Crippen molar-refractivity contribution in [2.75, 3.05) is 6.61 Å². The maximum absolute atomic E-state index is 11.6. The van der Waals surface area contributed by atoms with Crippen LogP contribution in [0.1, 0.15) is 5.69 Å². The Balaban J connectivity index is 1.82. The normalized spacial score (nSPS) is 10.8. The number of benzene rings is 1. The van der Waals surface area contributed by atoms with Crippen molar-refractivity contribution in [3.63, 3.8) is 0 Å². The zero-order chi connectivity index (χ0) is 15.2. The van der Waals surface area contributed by atoms with Gasteiger partial charge in [-0.25, -0.2) is 10.4 Å². The molecule has 0 aliphatic carbocycles. The molecule has 0 bridgehead atoms. The standard InChI is InChI=1S/C13H12Cl2N4O2/c1-19-8-16-5-10(19)6-17-18-13(20)7-21-12-3-2-9(14)4-11(12)15/h2-6,8H,7H2,1H3,(H,18,20)/b17-6+. The van der Waals surface area contributed by atoms with Crippen LogP contribution in [-0.4, -0.2) is 28.3 Å². The number of halogens is 2. The Morgan fingerprint density at radius 2 is 2.33 bits per heavy atom. The fraction of sp³-hybridized carbons (Fsp3) is 0.154. The largest absolute Gasteiger partial charge is 0.482 e. The summed E-state index contributed by atoms with van der Waals surface area (Å²) < 4.78 is 7.03. The Bertz CT molecular complexity index is 670. The number of nitrogens with one attached hydrogen (secondary N) is 1. The van der Waals surface area contributed by atoms with Gasteiger partial charge in [-0.2, -0.15) is 5.10 Å². The molecule has 0 saturated heterocycles. The molecule has 1 amide bonds. The van der Waals surface area contributed by atoms with Crippen LogP contribution in [0.15, 0.2) is 35.8 Å². The predicted octanol–water partition coefficient (Wildman–Crippen LogP) is 2.26. The van der Waals surface area contributed by atoms with E-state index in [1.165, 1.54) is 12.3 Å². The first-order valence-corrected chi connectivity index (χ1v) is 6.68. The number of ether oxygens (including phenoxy) is 1. The minimum Gasteiger partial charge on any atom is -0.482 e. The molecule has 0 spiro atoms. The van der Waals surface area contributed by atoms with Crippen molar-refractivity contribution in [1.82, 2.24) is 15.0 Å². The van der Waals surface area contributed by atoms with E-state index in [-0.39, 0.29) is 6.61 Å². The molecule has 0 saturated carbocycles. The summed E-state index contributed by atoms with van der Waals surface area (Å²) in [6, 6.07) is 4.76. The average Bonchev–Trinajstić information content (AvgIpc) is 2.83. The molecule has 0 unspecified atom stereocenters. The highest BCUT2D eigenvalue weighted by molar-refractivity contribution is 6.35. The average molecular weight is 327 g/mol. The van der Waals surface area contributed by atoms with Crippen LogP contribution in [0.5, 0.6) is 5.75 Å². The number of hydrazone groups is 1. The summed E-state index contributed by atoms with van der Waals surface area (Å²) in [7, 11) is 1.82. The first-order valence-electron chi connectivity index (χ1n) is 5.92. The minimum absolute atomic E-state index is 0.204. The van der Waals surface area contributed by atoms with Crippen LogP contribution in [0.2, 0.25) is 10.0 Å². The second kappa shape index (κ2) is 7.10. The third-order valence-corrected chi connectivity index (χ3v) is 3.02. The van der Waals surface area contributed by atoms with Gasteiger partial charge in [0.05, 0.1) is 29.5 Å². The summed E-state index contributed by atoms with van der Waals surface area (Å²) in [6.45, 7) is -0.204. The van der Waals surface area contributed by atoms with E-state index in [1.54, 1.807) is 29.2 Å². The molecule has 1 N–H and O–H groups in total. The molecule has 1 heterocycles. The molecule has 0 fully saturated rings. The van der Waals surface area contributed by atoms with E-state index in [4.69, 9.17) is 27.9 Å². The Morgan fingerprint density at radius 3 is 3.00 bits per heavy atom. The van der Waals surface area contributed by atoms with E-state index in [9.17, 15) is 4.79 Å². The number of amides is 1. The SMILES string of the molecule is Cn1cncc1/C=N/NC(=O)COc1ccc(Cl)cc1Cl. The summed E-state index contributed by atoms with van der Waals surface area (Å²) in [5, 5.41) is 4.64. The highest BCUT2D eigenvalue weighted by atomic mass is 35.5. The van der Waals surface area contributed by atoms with Gasteiger partial charge in [-0.15, -0.1) is 0 Å². The van der Waals surface area contributed by atoms with E-state index in [2.05, 4.69) is 15.5 Å². The van der Waals surface area contributed by atoms with Crippen molar-refractivity contribution in [3.8, 4) is 5.75 Å². The molecule has 0 radical (unpaired) electrons. The highest BCUT2D eigenvalue weighted by Crippen LogP contribution is 2.27. The van der Waals surface area contributed by atoms with Gasteiger partial charge < -0.3 is 9.30 Å². The lowest BCUT2D eigenvalue weighted by molar-refractivity contribution is -0.123. The fourth-order valence-corrected chi connectivity index (χ4v) is 1.89.